The summed E-state index contributed by atoms with van der Waals surface area (Å²) >= 11 is 3.41. The molecule has 0 aliphatic carbocycles. The monoisotopic (exact) mass is 288 g/mol. The van der Waals surface area contributed by atoms with E-state index in [9.17, 15) is 0 Å². The van der Waals surface area contributed by atoms with E-state index < -0.39 is 0 Å². The summed E-state index contributed by atoms with van der Waals surface area (Å²) in [5, 5.41) is 11.9. The molecule has 90 valence electrons. The highest BCUT2D eigenvalue weighted by atomic mass is 79.9. The second-order valence-corrected chi connectivity index (χ2v) is 4.45. The van der Waals surface area contributed by atoms with Gasteiger partial charge in [-0.15, -0.1) is 0 Å². The van der Waals surface area contributed by atoms with Crippen LogP contribution in [-0.4, -0.2) is 31.4 Å². The van der Waals surface area contributed by atoms with Gasteiger partial charge in [-0.05, 0) is 18.2 Å². The van der Waals surface area contributed by atoms with Crippen LogP contribution >= 0.6 is 15.9 Å². The number of aliphatic hydroxyl groups excluding tert-OH is 1. The van der Waals surface area contributed by atoms with Gasteiger partial charge in [-0.3, -0.25) is 0 Å². The van der Waals surface area contributed by atoms with E-state index in [0.29, 0.717) is 13.1 Å². The number of methoxy groups -OCH3 is 1. The number of rotatable bonds is 6. The molecule has 0 aliphatic heterocycles. The number of nitrogens with two attached hydrogens (primary N) is 1. The molecule has 4 nitrogen and oxygen atoms in total. The minimum absolute atomic E-state index is 0.0113. The van der Waals surface area contributed by atoms with E-state index in [1.165, 1.54) is 0 Å². The van der Waals surface area contributed by atoms with E-state index in [-0.39, 0.29) is 12.6 Å². The Morgan fingerprint density at radius 2 is 2.31 bits per heavy atom. The number of halogens is 1. The lowest BCUT2D eigenvalue weighted by atomic mass is 10.2. The van der Waals surface area contributed by atoms with Crippen LogP contribution in [0, 0.1) is 0 Å². The zero-order chi connectivity index (χ0) is 12.0. The topological polar surface area (TPSA) is 67.5 Å². The molecule has 0 radical (unpaired) electrons. The summed E-state index contributed by atoms with van der Waals surface area (Å²) in [4.78, 5) is 0. The third-order valence-corrected chi connectivity index (χ3v) is 2.69. The van der Waals surface area contributed by atoms with Gasteiger partial charge in [0.1, 0.15) is 5.75 Å². The van der Waals surface area contributed by atoms with Gasteiger partial charge in [0, 0.05) is 29.2 Å². The Balaban J connectivity index is 2.55. The molecule has 1 rings (SSSR count). The maximum absolute atomic E-state index is 8.78. The van der Waals surface area contributed by atoms with Gasteiger partial charge in [0.2, 0.25) is 0 Å². The third-order valence-electron chi connectivity index (χ3n) is 2.20. The number of hydrogen-bond acceptors (Lipinski definition) is 4. The maximum Gasteiger partial charge on any atom is 0.123 e. The highest BCUT2D eigenvalue weighted by molar-refractivity contribution is 9.10. The number of hydrogen-bond donors (Lipinski definition) is 3. The van der Waals surface area contributed by atoms with Crippen LogP contribution < -0.4 is 15.8 Å². The Labute approximate surface area is 104 Å². The van der Waals surface area contributed by atoms with Crippen molar-refractivity contribution in [2.45, 2.75) is 12.6 Å². The molecule has 4 N–H and O–H groups in total. The van der Waals surface area contributed by atoms with Gasteiger partial charge in [-0.25, -0.2) is 0 Å². The Morgan fingerprint density at radius 1 is 1.56 bits per heavy atom. The van der Waals surface area contributed by atoms with E-state index in [0.717, 1.165) is 15.8 Å². The van der Waals surface area contributed by atoms with Gasteiger partial charge >= 0.3 is 0 Å². The van der Waals surface area contributed by atoms with Crippen LogP contribution in [-0.2, 0) is 6.54 Å². The molecule has 0 aliphatic rings. The summed E-state index contributed by atoms with van der Waals surface area (Å²) in [7, 11) is 1.65. The molecule has 0 saturated carbocycles. The number of aliphatic hydroxyl groups is 1. The molecule has 1 atom stereocenters. The summed E-state index contributed by atoms with van der Waals surface area (Å²) in [5.41, 5.74) is 6.64. The van der Waals surface area contributed by atoms with E-state index in [1.54, 1.807) is 7.11 Å². The van der Waals surface area contributed by atoms with Crippen molar-refractivity contribution in [3.63, 3.8) is 0 Å². The van der Waals surface area contributed by atoms with Crippen LogP contribution in [0.15, 0.2) is 22.7 Å². The Hall–Kier alpha value is -0.620. The van der Waals surface area contributed by atoms with Crippen LogP contribution in [0.3, 0.4) is 0 Å². The molecule has 0 amide bonds. The number of ether oxygens (including phenoxy) is 1. The quantitative estimate of drug-likeness (QED) is 0.727. The van der Waals surface area contributed by atoms with Crippen molar-refractivity contribution in [1.82, 2.24) is 5.32 Å². The summed E-state index contributed by atoms with van der Waals surface area (Å²) in [6.45, 7) is 1.23. The molecule has 0 aromatic heterocycles. The predicted molar refractivity (Wildman–Crippen MR) is 67.5 cm³/mol. The fourth-order valence-electron chi connectivity index (χ4n) is 1.34. The minimum Gasteiger partial charge on any atom is -0.496 e. The largest absolute Gasteiger partial charge is 0.496 e. The van der Waals surface area contributed by atoms with Crippen molar-refractivity contribution >= 4 is 15.9 Å². The van der Waals surface area contributed by atoms with Gasteiger partial charge in [-0.2, -0.15) is 0 Å². The first-order valence-electron chi connectivity index (χ1n) is 5.07. The molecule has 0 heterocycles. The molecule has 1 aromatic rings. The van der Waals surface area contributed by atoms with Gasteiger partial charge in [-0.1, -0.05) is 15.9 Å². The summed E-state index contributed by atoms with van der Waals surface area (Å²) in [6.07, 6.45) is 0. The molecule has 5 heteroatoms. The molecule has 0 fully saturated rings. The van der Waals surface area contributed by atoms with Crippen molar-refractivity contribution in [3.8, 4) is 5.75 Å². The van der Waals surface area contributed by atoms with Gasteiger partial charge in [0.15, 0.2) is 0 Å². The van der Waals surface area contributed by atoms with Crippen molar-refractivity contribution < 1.29 is 9.84 Å². The zero-order valence-corrected chi connectivity index (χ0v) is 10.8. The minimum atomic E-state index is -0.224. The highest BCUT2D eigenvalue weighted by Crippen LogP contribution is 2.22. The lowest BCUT2D eigenvalue weighted by Crippen LogP contribution is -2.36. The van der Waals surface area contributed by atoms with Crippen LogP contribution in [0.2, 0.25) is 0 Å². The van der Waals surface area contributed by atoms with Crippen molar-refractivity contribution in [2.75, 3.05) is 20.3 Å². The van der Waals surface area contributed by atoms with Crippen LogP contribution in [0.25, 0.3) is 0 Å². The Kier molecular flexibility index (Phi) is 5.76. The maximum atomic E-state index is 8.78. The van der Waals surface area contributed by atoms with E-state index >= 15 is 0 Å². The number of benzene rings is 1. The van der Waals surface area contributed by atoms with Gasteiger partial charge < -0.3 is 20.9 Å². The fourth-order valence-corrected chi connectivity index (χ4v) is 1.75. The van der Waals surface area contributed by atoms with Crippen molar-refractivity contribution in [3.05, 3.63) is 28.2 Å². The molecule has 1 unspecified atom stereocenters. The SMILES string of the molecule is COc1ccc(Br)cc1CNCC(N)CO. The molecule has 1 aromatic carbocycles. The highest BCUT2D eigenvalue weighted by Gasteiger charge is 2.04. The van der Waals surface area contributed by atoms with Crippen LogP contribution in [0.4, 0.5) is 0 Å². The lowest BCUT2D eigenvalue weighted by Gasteiger charge is -2.12. The first-order valence-corrected chi connectivity index (χ1v) is 5.86. The average Bonchev–Trinajstić information content (AvgIpc) is 2.29. The molecule has 0 bridgehead atoms. The summed E-state index contributed by atoms with van der Waals surface area (Å²) < 4.78 is 6.25. The predicted octanol–water partition coefficient (Wildman–Crippen LogP) is 0.867. The van der Waals surface area contributed by atoms with E-state index in [1.807, 2.05) is 18.2 Å². The zero-order valence-electron chi connectivity index (χ0n) is 9.24. The molecule has 16 heavy (non-hydrogen) atoms. The first kappa shape index (κ1) is 13.4. The van der Waals surface area contributed by atoms with E-state index in [2.05, 4.69) is 21.2 Å². The Bertz CT molecular complexity index is 334. The average molecular weight is 289 g/mol. The lowest BCUT2D eigenvalue weighted by molar-refractivity contribution is 0.262. The van der Waals surface area contributed by atoms with Crippen LogP contribution in [0.1, 0.15) is 5.56 Å². The molecular weight excluding hydrogens is 272 g/mol. The van der Waals surface area contributed by atoms with E-state index in [4.69, 9.17) is 15.6 Å². The second kappa shape index (κ2) is 6.85. The fraction of sp³-hybridized carbons (Fsp3) is 0.455. The second-order valence-electron chi connectivity index (χ2n) is 3.53. The van der Waals surface area contributed by atoms with Gasteiger partial charge in [0.25, 0.3) is 0 Å². The normalized spacial score (nSPS) is 12.5. The third kappa shape index (κ3) is 4.09. The van der Waals surface area contributed by atoms with Crippen molar-refractivity contribution in [1.29, 1.82) is 0 Å². The van der Waals surface area contributed by atoms with Crippen molar-refractivity contribution in [2.24, 2.45) is 5.73 Å². The molecule has 0 saturated heterocycles. The first-order chi connectivity index (χ1) is 7.67. The molecular formula is C11H17BrN2O2. The standard InChI is InChI=1S/C11H17BrN2O2/c1-16-11-3-2-9(12)4-8(11)5-14-6-10(13)7-15/h2-4,10,14-15H,5-7,13H2,1H3. The van der Waals surface area contributed by atoms with Crippen LogP contribution in [0.5, 0.6) is 5.75 Å². The number of nitrogens with one attached hydrogen (secondary N) is 1. The van der Waals surface area contributed by atoms with Gasteiger partial charge in [0.05, 0.1) is 13.7 Å². The Morgan fingerprint density at radius 3 is 2.94 bits per heavy atom. The smallest absolute Gasteiger partial charge is 0.123 e. The summed E-state index contributed by atoms with van der Waals surface area (Å²) in [5.74, 6) is 0.841. The summed E-state index contributed by atoms with van der Waals surface area (Å²) in [6, 6.07) is 5.61. The molecule has 0 spiro atoms.